The normalized spacial score (nSPS) is 11.3. The van der Waals surface area contributed by atoms with Crippen LogP contribution in [0.4, 0.5) is 0 Å². The van der Waals surface area contributed by atoms with Crippen molar-refractivity contribution in [1.29, 1.82) is 0 Å². The number of rotatable bonds is 8. The smallest absolute Gasteiger partial charge is 0.164 e. The van der Waals surface area contributed by atoms with E-state index in [-0.39, 0.29) is 0 Å². The van der Waals surface area contributed by atoms with Gasteiger partial charge < -0.3 is 4.42 Å². The van der Waals surface area contributed by atoms with E-state index in [9.17, 15) is 0 Å². The van der Waals surface area contributed by atoms with Crippen LogP contribution in [-0.4, -0.2) is 29.9 Å². The van der Waals surface area contributed by atoms with E-state index in [1.165, 1.54) is 0 Å². The number of pyridine rings is 3. The largest absolute Gasteiger partial charge is 0.455 e. The van der Waals surface area contributed by atoms with E-state index >= 15 is 0 Å². The molecule has 0 spiro atoms. The maximum atomic E-state index is 6.86. The van der Waals surface area contributed by atoms with Gasteiger partial charge in [0.2, 0.25) is 0 Å². The van der Waals surface area contributed by atoms with Crippen molar-refractivity contribution in [1.82, 2.24) is 29.9 Å². The molecule has 0 N–H and O–H groups in total. The fourth-order valence-electron chi connectivity index (χ4n) is 7.93. The van der Waals surface area contributed by atoms with E-state index in [1.54, 1.807) is 12.4 Å². The molecule has 0 saturated carbocycles. The highest BCUT2D eigenvalue weighted by Gasteiger charge is 2.25. The van der Waals surface area contributed by atoms with E-state index in [4.69, 9.17) is 24.4 Å². The number of para-hydroxylation sites is 1. The van der Waals surface area contributed by atoms with E-state index in [2.05, 4.69) is 119 Å². The first kappa shape index (κ1) is 35.7. The number of benzene rings is 6. The number of aromatic nitrogens is 6. The van der Waals surface area contributed by atoms with Crippen molar-refractivity contribution < 1.29 is 4.42 Å². The summed E-state index contributed by atoms with van der Waals surface area (Å²) < 4.78 is 6.86. The quantitative estimate of drug-likeness (QED) is 0.152. The van der Waals surface area contributed by atoms with Crippen molar-refractivity contribution >= 4 is 21.9 Å². The lowest BCUT2D eigenvalue weighted by atomic mass is 9.94. The van der Waals surface area contributed by atoms with Gasteiger partial charge in [-0.3, -0.25) is 9.97 Å². The van der Waals surface area contributed by atoms with Gasteiger partial charge in [0.05, 0.1) is 16.6 Å². The fraction of sp³-hybridized carbons (Fsp3) is 0. The standard InChI is InChI=1S/C54H34N6O/c1-3-12-35(13-4-1)36-22-26-39(27-23-36)53-58-52(38-14-5-2-6-15-38)59-54(60-53)40-28-24-37(25-29-40)41-16-9-17-42(32-41)49-48-47(43-18-10-30-55-33-43)50(44-19-11-31-56-34-44)61-51(48)45-20-7-8-21-46(45)57-49/h1-34H. The zero-order valence-corrected chi connectivity index (χ0v) is 32.7. The Morgan fingerprint density at radius 2 is 0.820 bits per heavy atom. The molecule has 0 saturated heterocycles. The molecule has 7 nitrogen and oxygen atoms in total. The summed E-state index contributed by atoms with van der Waals surface area (Å²) in [6.07, 6.45) is 7.26. The zero-order valence-electron chi connectivity index (χ0n) is 32.7. The van der Waals surface area contributed by atoms with Crippen LogP contribution in [0, 0.1) is 0 Å². The second-order valence-corrected chi connectivity index (χ2v) is 14.7. The van der Waals surface area contributed by atoms with E-state index in [0.29, 0.717) is 17.5 Å². The van der Waals surface area contributed by atoms with Gasteiger partial charge in [0.25, 0.3) is 0 Å². The molecule has 0 atom stereocenters. The molecule has 5 aromatic heterocycles. The Kier molecular flexibility index (Phi) is 9.02. The summed E-state index contributed by atoms with van der Waals surface area (Å²) in [5, 5.41) is 1.86. The Morgan fingerprint density at radius 3 is 1.44 bits per heavy atom. The van der Waals surface area contributed by atoms with Crippen molar-refractivity contribution in [2.45, 2.75) is 0 Å². The number of fused-ring (bicyclic) bond motifs is 3. The predicted octanol–water partition coefficient (Wildman–Crippen LogP) is 13.3. The average molecular weight is 783 g/mol. The third-order valence-corrected chi connectivity index (χ3v) is 10.9. The minimum absolute atomic E-state index is 0.603. The predicted molar refractivity (Wildman–Crippen MR) is 244 cm³/mol. The fourth-order valence-corrected chi connectivity index (χ4v) is 7.93. The Labute approximate surface area is 351 Å². The van der Waals surface area contributed by atoms with Gasteiger partial charge in [-0.25, -0.2) is 19.9 Å². The number of hydrogen-bond donors (Lipinski definition) is 0. The van der Waals surface area contributed by atoms with Crippen LogP contribution in [-0.2, 0) is 0 Å². The first-order chi connectivity index (χ1) is 30.2. The van der Waals surface area contributed by atoms with Gasteiger partial charge in [0.15, 0.2) is 17.5 Å². The van der Waals surface area contributed by atoms with Crippen LogP contribution >= 0.6 is 0 Å². The van der Waals surface area contributed by atoms with Crippen LogP contribution in [0.3, 0.4) is 0 Å². The SMILES string of the molecule is c1ccc(-c2ccc(-c3nc(-c4ccccc4)nc(-c4ccc(-c5cccc(-c6nc7ccccc7c7oc(-c8cccnc8)c(-c8cccnc8)c67)c5)cc4)n3)cc2)cc1. The monoisotopic (exact) mass is 782 g/mol. The Hall–Kier alpha value is -8.42. The molecule has 6 aromatic carbocycles. The lowest BCUT2D eigenvalue weighted by Gasteiger charge is -2.11. The maximum absolute atomic E-state index is 6.86. The van der Waals surface area contributed by atoms with Crippen LogP contribution in [0.15, 0.2) is 211 Å². The highest BCUT2D eigenvalue weighted by Crippen LogP contribution is 2.46. The van der Waals surface area contributed by atoms with Crippen molar-refractivity contribution in [3.63, 3.8) is 0 Å². The summed E-state index contributed by atoms with van der Waals surface area (Å²) in [6, 6.07) is 61.8. The molecule has 0 bridgehead atoms. The van der Waals surface area contributed by atoms with E-state index in [1.807, 2.05) is 85.2 Å². The molecule has 0 aliphatic carbocycles. The summed E-state index contributed by atoms with van der Waals surface area (Å²) in [5.41, 5.74) is 13.3. The summed E-state index contributed by atoms with van der Waals surface area (Å²) in [5.74, 6) is 2.57. The molecule has 11 aromatic rings. The van der Waals surface area contributed by atoms with Gasteiger partial charge in [0, 0.05) is 69.1 Å². The van der Waals surface area contributed by atoms with E-state index < -0.39 is 0 Å². The minimum atomic E-state index is 0.603. The maximum Gasteiger partial charge on any atom is 0.164 e. The van der Waals surface area contributed by atoms with Crippen LogP contribution in [0.2, 0.25) is 0 Å². The molecule has 11 rings (SSSR count). The lowest BCUT2D eigenvalue weighted by Crippen LogP contribution is -2.00. The first-order valence-electron chi connectivity index (χ1n) is 20.1. The molecule has 5 heterocycles. The Balaban J connectivity index is 1.00. The van der Waals surface area contributed by atoms with Crippen molar-refractivity contribution in [2.75, 3.05) is 0 Å². The summed E-state index contributed by atoms with van der Waals surface area (Å²) in [6.45, 7) is 0. The molecule has 0 fully saturated rings. The summed E-state index contributed by atoms with van der Waals surface area (Å²) in [7, 11) is 0. The Bertz CT molecular complexity index is 3320. The van der Waals surface area contributed by atoms with E-state index in [0.717, 1.165) is 94.5 Å². The van der Waals surface area contributed by atoms with Crippen molar-refractivity contribution in [3.05, 3.63) is 207 Å². The van der Waals surface area contributed by atoms with Crippen molar-refractivity contribution in [3.8, 4) is 90.1 Å². The average Bonchev–Trinajstić information content (AvgIpc) is 3.76. The van der Waals surface area contributed by atoms with Gasteiger partial charge in [-0.2, -0.15) is 0 Å². The van der Waals surface area contributed by atoms with Crippen LogP contribution in [0.1, 0.15) is 0 Å². The van der Waals surface area contributed by atoms with Gasteiger partial charge in [-0.1, -0.05) is 146 Å². The molecule has 0 radical (unpaired) electrons. The van der Waals surface area contributed by atoms with Gasteiger partial charge in [0.1, 0.15) is 11.3 Å². The molecule has 0 aliphatic heterocycles. The molecular formula is C54H34N6O. The second kappa shape index (κ2) is 15.4. The molecule has 286 valence electrons. The zero-order chi connectivity index (χ0) is 40.5. The highest BCUT2D eigenvalue weighted by atomic mass is 16.3. The topological polar surface area (TPSA) is 90.5 Å². The molecule has 0 amide bonds. The molecular weight excluding hydrogens is 749 g/mol. The molecule has 61 heavy (non-hydrogen) atoms. The lowest BCUT2D eigenvalue weighted by molar-refractivity contribution is 0.635. The summed E-state index contributed by atoms with van der Waals surface area (Å²) >= 11 is 0. The van der Waals surface area contributed by atoms with Gasteiger partial charge in [-0.05, 0) is 58.7 Å². The summed E-state index contributed by atoms with van der Waals surface area (Å²) in [4.78, 5) is 29.2. The minimum Gasteiger partial charge on any atom is -0.455 e. The number of hydrogen-bond acceptors (Lipinski definition) is 7. The molecule has 0 unspecified atom stereocenters. The number of nitrogens with zero attached hydrogens (tertiary/aromatic N) is 6. The van der Waals surface area contributed by atoms with Gasteiger partial charge >= 0.3 is 0 Å². The third kappa shape index (κ3) is 6.80. The van der Waals surface area contributed by atoms with Crippen molar-refractivity contribution in [2.24, 2.45) is 0 Å². The first-order valence-corrected chi connectivity index (χ1v) is 20.1. The molecule has 7 heteroatoms. The highest BCUT2D eigenvalue weighted by molar-refractivity contribution is 6.16. The van der Waals surface area contributed by atoms with Gasteiger partial charge in [-0.15, -0.1) is 0 Å². The van der Waals surface area contributed by atoms with Crippen LogP contribution in [0.5, 0.6) is 0 Å². The third-order valence-electron chi connectivity index (χ3n) is 10.9. The van der Waals surface area contributed by atoms with Crippen LogP contribution in [0.25, 0.3) is 112 Å². The van der Waals surface area contributed by atoms with Crippen LogP contribution < -0.4 is 0 Å². The Morgan fingerprint density at radius 1 is 0.344 bits per heavy atom. The second-order valence-electron chi connectivity index (χ2n) is 14.7. The molecule has 0 aliphatic rings. The number of furan rings is 1.